The zero-order valence-corrected chi connectivity index (χ0v) is 15.0. The number of primary amides is 1. The topological polar surface area (TPSA) is 134 Å². The van der Waals surface area contributed by atoms with E-state index in [0.717, 1.165) is 5.52 Å². The van der Waals surface area contributed by atoms with Crippen LogP contribution < -0.4 is 20.6 Å². The van der Waals surface area contributed by atoms with Crippen LogP contribution in [0, 0.1) is 0 Å². The number of hydrogen-bond acceptors (Lipinski definition) is 7. The fraction of sp³-hybridized carbons (Fsp3) is 0.167. The summed E-state index contributed by atoms with van der Waals surface area (Å²) in [5.41, 5.74) is 9.63. The van der Waals surface area contributed by atoms with Gasteiger partial charge in [-0.1, -0.05) is 17.3 Å². The van der Waals surface area contributed by atoms with Crippen LogP contribution in [0.2, 0.25) is 0 Å². The summed E-state index contributed by atoms with van der Waals surface area (Å²) >= 11 is 0. The van der Waals surface area contributed by atoms with Crippen molar-refractivity contribution in [3.8, 4) is 11.5 Å². The highest BCUT2D eigenvalue weighted by Crippen LogP contribution is 2.27. The average Bonchev–Trinajstić information content (AvgIpc) is 3.09. The summed E-state index contributed by atoms with van der Waals surface area (Å²) in [6.07, 6.45) is 1.46. The number of methoxy groups -OCH3 is 1. The number of nitrogens with one attached hydrogen (secondary N) is 1. The van der Waals surface area contributed by atoms with Crippen LogP contribution in [0.3, 0.4) is 0 Å². The van der Waals surface area contributed by atoms with Gasteiger partial charge < -0.3 is 15.2 Å². The van der Waals surface area contributed by atoms with Crippen molar-refractivity contribution < 1.29 is 19.1 Å². The molecule has 0 saturated heterocycles. The number of hydrazone groups is 1. The van der Waals surface area contributed by atoms with Crippen molar-refractivity contribution >= 4 is 29.1 Å². The third-order valence-corrected chi connectivity index (χ3v) is 3.67. The van der Waals surface area contributed by atoms with E-state index in [0.29, 0.717) is 22.6 Å². The van der Waals surface area contributed by atoms with Crippen LogP contribution >= 0.6 is 0 Å². The summed E-state index contributed by atoms with van der Waals surface area (Å²) in [6.45, 7) is -0.266. The highest BCUT2D eigenvalue weighted by atomic mass is 16.5. The van der Waals surface area contributed by atoms with Crippen LogP contribution in [0.4, 0.5) is 0 Å². The maximum Gasteiger partial charge on any atom is 0.261 e. The van der Waals surface area contributed by atoms with Crippen molar-refractivity contribution in [3.05, 3.63) is 48.0 Å². The first-order valence-corrected chi connectivity index (χ1v) is 8.26. The number of ether oxygens (including phenoxy) is 2. The molecular weight excluding hydrogens is 364 g/mol. The summed E-state index contributed by atoms with van der Waals surface area (Å²) in [5.74, 6) is -0.151. The van der Waals surface area contributed by atoms with E-state index >= 15 is 0 Å². The van der Waals surface area contributed by atoms with Crippen LogP contribution in [0.1, 0.15) is 5.56 Å². The molecule has 0 fully saturated rings. The molecular formula is C18H18N6O4. The van der Waals surface area contributed by atoms with Gasteiger partial charge >= 0.3 is 0 Å². The molecule has 3 aromatic rings. The Balaban J connectivity index is 1.60. The number of carbonyl (C=O) groups excluding carboxylic acids is 2. The number of carbonyl (C=O) groups is 2. The largest absolute Gasteiger partial charge is 0.493 e. The highest BCUT2D eigenvalue weighted by Gasteiger charge is 2.08. The van der Waals surface area contributed by atoms with Crippen LogP contribution in [0.25, 0.3) is 11.0 Å². The molecule has 144 valence electrons. The molecule has 0 aliphatic rings. The summed E-state index contributed by atoms with van der Waals surface area (Å²) < 4.78 is 12.0. The molecule has 0 radical (unpaired) electrons. The standard InChI is InChI=1S/C18H18N6O4/c1-27-16-8-12(6-7-15(16)28-11-17(19)25)9-20-22-18(26)10-24-14-5-3-2-4-13(14)21-23-24/h2-9H,10-11H2,1H3,(H2,19,25)(H,22,26)/b20-9-. The maximum atomic E-state index is 12.1. The van der Waals surface area contributed by atoms with Crippen LogP contribution in [-0.2, 0) is 16.1 Å². The minimum atomic E-state index is -0.587. The number of hydrogen-bond donors (Lipinski definition) is 2. The van der Waals surface area contributed by atoms with Crippen molar-refractivity contribution in [1.29, 1.82) is 0 Å². The van der Waals surface area contributed by atoms with Gasteiger partial charge in [-0.3, -0.25) is 9.59 Å². The second-order valence-corrected chi connectivity index (χ2v) is 5.69. The number of nitrogens with zero attached hydrogens (tertiary/aromatic N) is 4. The van der Waals surface area contributed by atoms with Crippen molar-refractivity contribution in [2.75, 3.05) is 13.7 Å². The second-order valence-electron chi connectivity index (χ2n) is 5.69. The average molecular weight is 382 g/mol. The molecule has 1 heterocycles. The minimum absolute atomic E-state index is 0.0128. The van der Waals surface area contributed by atoms with Crippen molar-refractivity contribution in [2.45, 2.75) is 6.54 Å². The van der Waals surface area contributed by atoms with E-state index in [-0.39, 0.29) is 19.1 Å². The lowest BCUT2D eigenvalue weighted by molar-refractivity contribution is -0.122. The summed E-state index contributed by atoms with van der Waals surface area (Å²) in [7, 11) is 1.47. The zero-order chi connectivity index (χ0) is 19.9. The Bertz CT molecular complexity index is 1030. The van der Waals surface area contributed by atoms with Gasteiger partial charge in [0, 0.05) is 0 Å². The van der Waals surface area contributed by atoms with E-state index in [1.54, 1.807) is 18.2 Å². The lowest BCUT2D eigenvalue weighted by Gasteiger charge is -2.09. The summed E-state index contributed by atoms with van der Waals surface area (Å²) in [4.78, 5) is 22.9. The molecule has 3 rings (SSSR count). The Hall–Kier alpha value is -3.95. The molecule has 0 bridgehead atoms. The molecule has 3 N–H and O–H groups in total. The molecule has 0 atom stereocenters. The Labute approximate surface area is 159 Å². The second kappa shape index (κ2) is 8.62. The molecule has 0 unspecified atom stereocenters. The highest BCUT2D eigenvalue weighted by molar-refractivity contribution is 5.84. The van der Waals surface area contributed by atoms with E-state index in [4.69, 9.17) is 15.2 Å². The molecule has 10 nitrogen and oxygen atoms in total. The van der Waals surface area contributed by atoms with E-state index in [1.807, 2.05) is 24.3 Å². The smallest absolute Gasteiger partial charge is 0.261 e. The van der Waals surface area contributed by atoms with E-state index in [2.05, 4.69) is 20.8 Å². The fourth-order valence-electron chi connectivity index (χ4n) is 2.42. The normalized spacial score (nSPS) is 10.9. The minimum Gasteiger partial charge on any atom is -0.493 e. The number of benzene rings is 2. The third-order valence-electron chi connectivity index (χ3n) is 3.67. The van der Waals surface area contributed by atoms with Gasteiger partial charge in [-0.25, -0.2) is 10.1 Å². The quantitative estimate of drug-likeness (QED) is 0.429. The first-order valence-electron chi connectivity index (χ1n) is 8.26. The fourth-order valence-corrected chi connectivity index (χ4v) is 2.42. The Kier molecular flexibility index (Phi) is 5.80. The van der Waals surface area contributed by atoms with Crippen molar-refractivity contribution in [1.82, 2.24) is 20.4 Å². The van der Waals surface area contributed by atoms with Gasteiger partial charge in [0.05, 0.1) is 18.8 Å². The molecule has 0 spiro atoms. The van der Waals surface area contributed by atoms with Gasteiger partial charge in [0.1, 0.15) is 12.1 Å². The number of amides is 2. The SMILES string of the molecule is COc1cc(/C=N\NC(=O)Cn2nnc3ccccc32)ccc1OCC(N)=O. The molecule has 0 saturated carbocycles. The van der Waals surface area contributed by atoms with Gasteiger partial charge in [0.25, 0.3) is 11.8 Å². The predicted octanol–water partition coefficient (Wildman–Crippen LogP) is 0.454. The summed E-state index contributed by atoms with van der Waals surface area (Å²) in [5, 5.41) is 11.9. The Morgan fingerprint density at radius 1 is 1.25 bits per heavy atom. The van der Waals surface area contributed by atoms with Crippen molar-refractivity contribution in [3.63, 3.8) is 0 Å². The number of rotatable bonds is 8. The number of aromatic nitrogens is 3. The molecule has 2 amide bonds. The molecule has 10 heteroatoms. The lowest BCUT2D eigenvalue weighted by atomic mass is 10.2. The third kappa shape index (κ3) is 4.61. The maximum absolute atomic E-state index is 12.1. The first-order chi connectivity index (χ1) is 13.6. The summed E-state index contributed by atoms with van der Waals surface area (Å²) in [6, 6.07) is 12.3. The number of para-hydroxylation sites is 1. The van der Waals surface area contributed by atoms with Crippen LogP contribution in [-0.4, -0.2) is 46.7 Å². The zero-order valence-electron chi connectivity index (χ0n) is 15.0. The van der Waals surface area contributed by atoms with Crippen LogP contribution in [0.15, 0.2) is 47.6 Å². The Morgan fingerprint density at radius 2 is 2.07 bits per heavy atom. The molecule has 2 aromatic carbocycles. The predicted molar refractivity (Wildman–Crippen MR) is 101 cm³/mol. The van der Waals surface area contributed by atoms with Crippen LogP contribution in [0.5, 0.6) is 11.5 Å². The molecule has 28 heavy (non-hydrogen) atoms. The van der Waals surface area contributed by atoms with Gasteiger partial charge in [0.15, 0.2) is 18.1 Å². The lowest BCUT2D eigenvalue weighted by Crippen LogP contribution is -2.23. The van der Waals surface area contributed by atoms with Gasteiger partial charge in [-0.05, 0) is 35.9 Å². The molecule has 0 aliphatic carbocycles. The molecule has 1 aromatic heterocycles. The number of nitrogens with two attached hydrogens (primary N) is 1. The van der Waals surface area contributed by atoms with E-state index in [9.17, 15) is 9.59 Å². The van der Waals surface area contributed by atoms with Gasteiger partial charge in [-0.2, -0.15) is 5.10 Å². The molecule has 0 aliphatic heterocycles. The monoisotopic (exact) mass is 382 g/mol. The van der Waals surface area contributed by atoms with E-state index in [1.165, 1.54) is 18.0 Å². The first kappa shape index (κ1) is 18.8. The van der Waals surface area contributed by atoms with Crippen molar-refractivity contribution in [2.24, 2.45) is 10.8 Å². The Morgan fingerprint density at radius 3 is 2.86 bits per heavy atom. The van der Waals surface area contributed by atoms with Gasteiger partial charge in [0.2, 0.25) is 0 Å². The van der Waals surface area contributed by atoms with E-state index < -0.39 is 5.91 Å². The number of fused-ring (bicyclic) bond motifs is 1. The van der Waals surface area contributed by atoms with Gasteiger partial charge in [-0.15, -0.1) is 5.10 Å².